The second-order valence-corrected chi connectivity index (χ2v) is 8.83. The Balaban J connectivity index is 0.000000333. The van der Waals surface area contributed by atoms with Crippen molar-refractivity contribution in [3.05, 3.63) is 65.2 Å². The van der Waals surface area contributed by atoms with E-state index in [-0.39, 0.29) is 0 Å². The summed E-state index contributed by atoms with van der Waals surface area (Å²) in [6, 6.07) is 17.6. The van der Waals surface area contributed by atoms with Crippen LogP contribution in [0.5, 0.6) is 0 Å². The van der Waals surface area contributed by atoms with Gasteiger partial charge in [-0.3, -0.25) is 0 Å². The fourth-order valence-electron chi connectivity index (χ4n) is 1.86. The van der Waals surface area contributed by atoms with Crippen LogP contribution in [0.2, 0.25) is 0 Å². The zero-order chi connectivity index (χ0) is 19.3. The van der Waals surface area contributed by atoms with Crippen LogP contribution in [0.3, 0.4) is 0 Å². The molecule has 2 rings (SSSR count). The topological polar surface area (TPSA) is 57.2 Å². The van der Waals surface area contributed by atoms with Gasteiger partial charge in [-0.15, -0.1) is 0 Å². The molecule has 0 N–H and O–H groups in total. The monoisotopic (exact) mass is 392 g/mol. The van der Waals surface area contributed by atoms with Crippen molar-refractivity contribution >= 4 is 21.0 Å². The molecule has 0 aromatic heterocycles. The third kappa shape index (κ3) is 7.09. The molecule has 0 heterocycles. The highest BCUT2D eigenvalue weighted by Gasteiger charge is 2.36. The Bertz CT molecular complexity index is 786. The predicted molar refractivity (Wildman–Crippen MR) is 93.4 cm³/mol. The third-order valence-corrected chi connectivity index (χ3v) is 5.73. The van der Waals surface area contributed by atoms with Crippen LogP contribution in [0, 0.1) is 13.8 Å². The van der Waals surface area contributed by atoms with Gasteiger partial charge in [0.1, 0.15) is 12.0 Å². The molecule has 0 aliphatic rings. The van der Waals surface area contributed by atoms with Crippen molar-refractivity contribution in [2.24, 2.45) is 0 Å². The molecule has 0 aliphatic carbocycles. The number of alkyl halides is 3. The molecule has 0 amide bonds. The van der Waals surface area contributed by atoms with E-state index in [1.807, 2.05) is 0 Å². The lowest BCUT2D eigenvalue weighted by molar-refractivity contribution is -0.0517. The number of benzene rings is 2. The summed E-state index contributed by atoms with van der Waals surface area (Å²) in [7, 11) is -5.79. The lowest BCUT2D eigenvalue weighted by Gasteiger charge is -2.08. The Morgan fingerprint density at radius 1 is 1.00 bits per heavy atom. The molecule has 1 unspecified atom stereocenters. The largest absolute Gasteiger partial charge is 0.741 e. The van der Waals surface area contributed by atoms with E-state index in [1.54, 1.807) is 0 Å². The fraction of sp³-hybridized carbons (Fsp3) is 0.294. The van der Waals surface area contributed by atoms with Gasteiger partial charge >= 0.3 is 5.51 Å². The van der Waals surface area contributed by atoms with Crippen molar-refractivity contribution in [1.82, 2.24) is 0 Å². The molecule has 0 fully saturated rings. The van der Waals surface area contributed by atoms with E-state index in [9.17, 15) is 13.2 Å². The maximum absolute atomic E-state index is 10.7. The maximum Gasteiger partial charge on any atom is 0.485 e. The minimum Gasteiger partial charge on any atom is -0.741 e. The summed E-state index contributed by atoms with van der Waals surface area (Å²) in [5.74, 6) is 1.15. The Morgan fingerprint density at radius 2 is 1.48 bits per heavy atom. The van der Waals surface area contributed by atoms with Crippen molar-refractivity contribution in [1.29, 1.82) is 0 Å². The second-order valence-electron chi connectivity index (χ2n) is 5.42. The molecule has 0 spiro atoms. The quantitative estimate of drug-likeness (QED) is 0.448. The van der Waals surface area contributed by atoms with Crippen LogP contribution in [0.1, 0.15) is 16.7 Å². The fourth-order valence-corrected chi connectivity index (χ4v) is 3.42. The second kappa shape index (κ2) is 8.73. The average Bonchev–Trinajstić information content (AvgIpc) is 2.49. The minimum absolute atomic E-state index is 0.297. The summed E-state index contributed by atoms with van der Waals surface area (Å²) < 4.78 is 58.9. The van der Waals surface area contributed by atoms with Crippen LogP contribution in [-0.2, 0) is 26.8 Å². The normalized spacial score (nSPS) is 12.9. The van der Waals surface area contributed by atoms with E-state index in [0.717, 1.165) is 5.75 Å². The van der Waals surface area contributed by atoms with Crippen molar-refractivity contribution < 1.29 is 26.1 Å². The van der Waals surface area contributed by atoms with Crippen LogP contribution in [0.25, 0.3) is 0 Å². The molecule has 2 aromatic carbocycles. The Morgan fingerprint density at radius 3 is 1.92 bits per heavy atom. The van der Waals surface area contributed by atoms with Crippen LogP contribution in [0.15, 0.2) is 53.4 Å². The van der Waals surface area contributed by atoms with Crippen molar-refractivity contribution in [3.8, 4) is 0 Å². The molecular formula is C17H19F3O3S2. The van der Waals surface area contributed by atoms with Gasteiger partial charge in [-0.25, -0.2) is 8.42 Å². The molecule has 0 bridgehead atoms. The van der Waals surface area contributed by atoms with Crippen LogP contribution in [-0.4, -0.2) is 24.7 Å². The van der Waals surface area contributed by atoms with Gasteiger partial charge in [0.25, 0.3) is 0 Å². The molecule has 2 aromatic rings. The lowest BCUT2D eigenvalue weighted by atomic mass is 10.1. The summed E-state index contributed by atoms with van der Waals surface area (Å²) >= 11 is 0. The summed E-state index contributed by atoms with van der Waals surface area (Å²) in [6.07, 6.45) is 2.33. The first-order chi connectivity index (χ1) is 11.4. The minimum atomic E-state index is -6.09. The molecule has 8 heteroatoms. The van der Waals surface area contributed by atoms with E-state index in [0.29, 0.717) is 10.9 Å². The van der Waals surface area contributed by atoms with Gasteiger partial charge in [-0.05, 0) is 31.5 Å². The van der Waals surface area contributed by atoms with Crippen LogP contribution in [0.4, 0.5) is 13.2 Å². The van der Waals surface area contributed by atoms with Gasteiger partial charge in [-0.1, -0.05) is 42.0 Å². The molecule has 0 radical (unpaired) electrons. The highest BCUT2D eigenvalue weighted by Crippen LogP contribution is 2.20. The molecule has 0 saturated heterocycles. The summed E-state index contributed by atoms with van der Waals surface area (Å²) in [5, 5.41) is 0. The van der Waals surface area contributed by atoms with E-state index < -0.39 is 15.6 Å². The van der Waals surface area contributed by atoms with Crippen LogP contribution >= 0.6 is 0 Å². The maximum atomic E-state index is 10.7. The van der Waals surface area contributed by atoms with Crippen LogP contribution < -0.4 is 0 Å². The van der Waals surface area contributed by atoms with E-state index >= 15 is 0 Å². The van der Waals surface area contributed by atoms with E-state index in [2.05, 4.69) is 68.6 Å². The van der Waals surface area contributed by atoms with Gasteiger partial charge < -0.3 is 4.55 Å². The van der Waals surface area contributed by atoms with Gasteiger partial charge in [0, 0.05) is 16.5 Å². The predicted octanol–water partition coefficient (Wildman–Crippen LogP) is 4.16. The molecule has 0 aliphatic heterocycles. The molecule has 138 valence electrons. The van der Waals surface area contributed by atoms with Gasteiger partial charge in [0.15, 0.2) is 15.0 Å². The summed E-state index contributed by atoms with van der Waals surface area (Å²) in [4.78, 5) is 1.46. The SMILES string of the molecule is Cc1ccc([S+](C)Cc2ccccc2C)cc1.O=S(=O)([O-])C(F)(F)F. The number of hydrogen-bond donors (Lipinski definition) is 0. The first-order valence-corrected chi connectivity index (χ1v) is 10.4. The summed E-state index contributed by atoms with van der Waals surface area (Å²) in [6.45, 7) is 4.33. The van der Waals surface area contributed by atoms with E-state index in [4.69, 9.17) is 13.0 Å². The highest BCUT2D eigenvalue weighted by atomic mass is 32.2. The first kappa shape index (κ1) is 21.5. The average molecular weight is 392 g/mol. The Kier molecular flexibility index (Phi) is 7.52. The number of halogens is 3. The Labute approximate surface area is 149 Å². The first-order valence-electron chi connectivity index (χ1n) is 7.17. The zero-order valence-electron chi connectivity index (χ0n) is 14.0. The smallest absolute Gasteiger partial charge is 0.485 e. The molecule has 1 atom stereocenters. The highest BCUT2D eigenvalue weighted by molar-refractivity contribution is 7.95. The summed E-state index contributed by atoms with van der Waals surface area (Å²) in [5.41, 5.74) is -1.44. The van der Waals surface area contributed by atoms with Gasteiger partial charge in [-0.2, -0.15) is 13.2 Å². The molecular weight excluding hydrogens is 373 g/mol. The number of rotatable bonds is 3. The molecule has 3 nitrogen and oxygen atoms in total. The lowest BCUT2D eigenvalue weighted by Crippen LogP contribution is -2.21. The van der Waals surface area contributed by atoms with Crippen molar-refractivity contribution in [2.45, 2.75) is 30.0 Å². The van der Waals surface area contributed by atoms with Gasteiger partial charge in [0.2, 0.25) is 0 Å². The standard InChI is InChI=1S/C16H19S.CHF3O3S/c1-13-8-10-16(11-9-13)17(3)12-15-7-5-4-6-14(15)2;2-1(3,4)8(5,6)7/h4-11H,12H2,1-3H3;(H,5,6,7)/q+1;/p-1. The molecule has 25 heavy (non-hydrogen) atoms. The molecule has 0 saturated carbocycles. The number of aryl methyl sites for hydroxylation is 2. The Hall–Kier alpha value is -1.51. The van der Waals surface area contributed by atoms with Gasteiger partial charge in [0.05, 0.1) is 0 Å². The van der Waals surface area contributed by atoms with Crippen molar-refractivity contribution in [2.75, 3.05) is 6.26 Å². The van der Waals surface area contributed by atoms with Crippen molar-refractivity contribution in [3.63, 3.8) is 0 Å². The zero-order valence-corrected chi connectivity index (χ0v) is 15.6. The third-order valence-electron chi connectivity index (χ3n) is 3.34. The van der Waals surface area contributed by atoms with E-state index in [1.165, 1.54) is 21.6 Å². The number of hydrogen-bond acceptors (Lipinski definition) is 3.